The number of benzene rings is 3. The van der Waals surface area contributed by atoms with Crippen molar-refractivity contribution in [3.8, 4) is 45.6 Å². The van der Waals surface area contributed by atoms with E-state index in [4.69, 9.17) is 33.2 Å². The second kappa shape index (κ2) is 13.4. The van der Waals surface area contributed by atoms with Gasteiger partial charge in [-0.25, -0.2) is 4.79 Å². The summed E-state index contributed by atoms with van der Waals surface area (Å²) < 4.78 is 41.4. The summed E-state index contributed by atoms with van der Waals surface area (Å²) in [6.45, 7) is 6.70. The number of allylic oxidation sites excluding steroid dienone is 2. The summed E-state index contributed by atoms with van der Waals surface area (Å²) in [5.74, 6) is -1.30. The van der Waals surface area contributed by atoms with E-state index in [9.17, 15) is 14.7 Å². The molecule has 0 saturated carbocycles. The van der Waals surface area contributed by atoms with Crippen LogP contribution in [0.25, 0.3) is 17.2 Å². The molecule has 0 fully saturated rings. The van der Waals surface area contributed by atoms with Crippen molar-refractivity contribution in [3.63, 3.8) is 0 Å². The van der Waals surface area contributed by atoms with Crippen LogP contribution in [0.2, 0.25) is 0 Å². The van der Waals surface area contributed by atoms with Crippen molar-refractivity contribution in [2.75, 3.05) is 35.2 Å². The molecule has 1 heterocycles. The number of hydrogen-bond donors (Lipinski definition) is 1. The summed E-state index contributed by atoms with van der Waals surface area (Å²) in [6, 6.07) is 12.7. The van der Waals surface area contributed by atoms with E-state index in [2.05, 4.69) is 0 Å². The molecule has 0 bridgehead atoms. The van der Waals surface area contributed by atoms with Gasteiger partial charge in [0.25, 0.3) is 0 Å². The number of carbonyl (C=O) groups is 2. The fourth-order valence-electron chi connectivity index (χ4n) is 6.36. The molecule has 0 radical (unpaired) electrons. The number of aliphatic hydroxyl groups is 1. The monoisotopic (exact) mass is 644 g/mol. The number of rotatable bonds is 9. The average Bonchev–Trinajstić information content (AvgIpc) is 3.56. The number of esters is 1. The number of Topliss-reactive ketones (excluding diaryl/α,β-unsaturated/α-hetero) is 1. The first kappa shape index (κ1) is 33.4. The van der Waals surface area contributed by atoms with Crippen molar-refractivity contribution in [3.05, 3.63) is 76.9 Å². The van der Waals surface area contributed by atoms with Gasteiger partial charge in [0.1, 0.15) is 6.10 Å². The van der Waals surface area contributed by atoms with Crippen LogP contribution in [0.5, 0.6) is 34.5 Å². The molecule has 10 nitrogen and oxygen atoms in total. The molecule has 0 amide bonds. The Bertz CT molecular complexity index is 1740. The quantitative estimate of drug-likeness (QED) is 0.206. The van der Waals surface area contributed by atoms with E-state index in [1.807, 2.05) is 30.3 Å². The molecule has 47 heavy (non-hydrogen) atoms. The van der Waals surface area contributed by atoms with Gasteiger partial charge >= 0.3 is 5.97 Å². The Morgan fingerprint density at radius 3 is 2.19 bits per heavy atom. The molecule has 2 aliphatic rings. The van der Waals surface area contributed by atoms with Gasteiger partial charge in [0.05, 0.1) is 40.0 Å². The van der Waals surface area contributed by atoms with E-state index < -0.39 is 29.5 Å². The predicted octanol–water partition coefficient (Wildman–Crippen LogP) is 6.43. The molecule has 1 aliphatic carbocycles. The maximum atomic E-state index is 14.4. The highest BCUT2D eigenvalue weighted by Crippen LogP contribution is 2.61. The number of methoxy groups -OCH3 is 4. The van der Waals surface area contributed by atoms with Crippen molar-refractivity contribution in [2.45, 2.75) is 45.3 Å². The van der Waals surface area contributed by atoms with Crippen LogP contribution in [0.4, 0.5) is 0 Å². The highest BCUT2D eigenvalue weighted by Gasteiger charge is 2.52. The van der Waals surface area contributed by atoms with Gasteiger partial charge in [0.2, 0.25) is 18.3 Å². The van der Waals surface area contributed by atoms with Gasteiger partial charge in [0, 0.05) is 28.7 Å². The summed E-state index contributed by atoms with van der Waals surface area (Å²) in [7, 11) is 5.91. The topological polar surface area (TPSA) is 119 Å². The van der Waals surface area contributed by atoms with Gasteiger partial charge in [-0.2, -0.15) is 0 Å². The molecule has 3 aromatic rings. The highest BCUT2D eigenvalue weighted by molar-refractivity contribution is 6.03. The molecule has 248 valence electrons. The molecule has 0 aromatic heterocycles. The molecular weight excluding hydrogens is 604 g/mol. The van der Waals surface area contributed by atoms with Crippen molar-refractivity contribution in [2.24, 2.45) is 5.92 Å². The lowest BCUT2D eigenvalue weighted by molar-refractivity contribution is -0.154. The lowest BCUT2D eigenvalue weighted by Gasteiger charge is -2.44. The standard InChI is InChI=1S/C37H40O10/c1-9-20(2)31(39)30-23-17-25(41-5)33(42-6)35(43-7)28(23)29-24(18-26-34(36(29)44-8)46-19-45-26)32(21(3)37(30,4)40)47-27(38)16-15-22-13-11-10-12-14-22/h9-18,21,30,32,40H,19H2,1-8H3/b16-15+,20-9+/t21-,30+,32+,37-/m0/s1. The molecule has 5 rings (SSSR count). The second-order valence-corrected chi connectivity index (χ2v) is 11.6. The van der Waals surface area contributed by atoms with Crippen molar-refractivity contribution in [1.82, 2.24) is 0 Å². The molecule has 1 N–H and O–H groups in total. The van der Waals surface area contributed by atoms with Gasteiger partial charge in [-0.05, 0) is 55.7 Å². The molecule has 0 unspecified atom stereocenters. The average molecular weight is 645 g/mol. The third-order valence-electron chi connectivity index (χ3n) is 9.08. The predicted molar refractivity (Wildman–Crippen MR) is 175 cm³/mol. The smallest absolute Gasteiger partial charge is 0.331 e. The minimum atomic E-state index is -1.80. The maximum Gasteiger partial charge on any atom is 0.331 e. The van der Waals surface area contributed by atoms with Crippen molar-refractivity contribution < 1.29 is 47.9 Å². The van der Waals surface area contributed by atoms with Gasteiger partial charge in [0.15, 0.2) is 28.8 Å². The maximum absolute atomic E-state index is 14.4. The Labute approximate surface area is 274 Å². The minimum Gasteiger partial charge on any atom is -0.493 e. The van der Waals surface area contributed by atoms with Gasteiger partial charge in [-0.1, -0.05) is 43.3 Å². The van der Waals surface area contributed by atoms with E-state index in [0.717, 1.165) is 5.56 Å². The third-order valence-corrected chi connectivity index (χ3v) is 9.08. The molecule has 0 saturated heterocycles. The molecular formula is C37H40O10. The first-order valence-corrected chi connectivity index (χ1v) is 15.2. The Morgan fingerprint density at radius 2 is 1.57 bits per heavy atom. The van der Waals surface area contributed by atoms with Crippen LogP contribution in [0, 0.1) is 5.92 Å². The Kier molecular flexibility index (Phi) is 9.53. The summed E-state index contributed by atoms with van der Waals surface area (Å²) in [5.41, 5.74) is 1.09. The van der Waals surface area contributed by atoms with Gasteiger partial charge in [-0.3, -0.25) is 4.79 Å². The van der Waals surface area contributed by atoms with Crippen molar-refractivity contribution >= 4 is 17.8 Å². The zero-order valence-electron chi connectivity index (χ0n) is 27.8. The molecule has 0 spiro atoms. The highest BCUT2D eigenvalue weighted by atomic mass is 16.7. The van der Waals surface area contributed by atoms with Crippen LogP contribution in [0.3, 0.4) is 0 Å². The van der Waals surface area contributed by atoms with Gasteiger partial charge in [-0.15, -0.1) is 0 Å². The summed E-state index contributed by atoms with van der Waals surface area (Å²) >= 11 is 0. The number of hydrogen-bond acceptors (Lipinski definition) is 10. The van der Waals surface area contributed by atoms with Crippen LogP contribution in [0.15, 0.2) is 60.2 Å². The zero-order chi connectivity index (χ0) is 34.0. The first-order valence-electron chi connectivity index (χ1n) is 15.2. The Hall–Kier alpha value is -4.96. The molecule has 1 aliphatic heterocycles. The van der Waals surface area contributed by atoms with Crippen molar-refractivity contribution in [1.29, 1.82) is 0 Å². The largest absolute Gasteiger partial charge is 0.493 e. The molecule has 3 aromatic carbocycles. The lowest BCUT2D eigenvalue weighted by atomic mass is 9.65. The minimum absolute atomic E-state index is 0.0658. The number of fused-ring (bicyclic) bond motifs is 4. The third kappa shape index (κ3) is 5.78. The summed E-state index contributed by atoms with van der Waals surface area (Å²) in [4.78, 5) is 27.9. The fourth-order valence-corrected chi connectivity index (χ4v) is 6.36. The van der Waals surface area contributed by atoms with Gasteiger partial charge < -0.3 is 38.3 Å². The van der Waals surface area contributed by atoms with E-state index >= 15 is 0 Å². The fraction of sp³-hybridized carbons (Fsp3) is 0.351. The van der Waals surface area contributed by atoms with E-state index in [0.29, 0.717) is 45.1 Å². The number of carbonyl (C=O) groups excluding carboxylic acids is 2. The van der Waals surface area contributed by atoms with E-state index in [1.165, 1.54) is 34.5 Å². The second-order valence-electron chi connectivity index (χ2n) is 11.6. The number of ether oxygens (including phenoxy) is 7. The Morgan fingerprint density at radius 1 is 0.915 bits per heavy atom. The Balaban J connectivity index is 1.89. The molecule has 10 heteroatoms. The van der Waals surface area contributed by atoms with E-state index in [-0.39, 0.29) is 29.8 Å². The van der Waals surface area contributed by atoms with Crippen LogP contribution in [-0.2, 0) is 14.3 Å². The molecule has 4 atom stereocenters. The first-order chi connectivity index (χ1) is 22.5. The summed E-state index contributed by atoms with van der Waals surface area (Å²) in [5, 5.41) is 12.6. The number of ketones is 1. The van der Waals surface area contributed by atoms with Crippen LogP contribution in [-0.4, -0.2) is 57.7 Å². The van der Waals surface area contributed by atoms with Crippen LogP contribution < -0.4 is 28.4 Å². The van der Waals surface area contributed by atoms with Crippen LogP contribution >= 0.6 is 0 Å². The lowest BCUT2D eigenvalue weighted by Crippen LogP contribution is -2.47. The summed E-state index contributed by atoms with van der Waals surface area (Å²) in [6.07, 6.45) is 3.56. The normalized spacial score (nSPS) is 21.6. The van der Waals surface area contributed by atoms with E-state index in [1.54, 1.807) is 52.0 Å². The van der Waals surface area contributed by atoms with Crippen LogP contribution in [0.1, 0.15) is 56.4 Å². The zero-order valence-corrected chi connectivity index (χ0v) is 27.8. The SMILES string of the molecule is C/C=C(\C)C(=O)[C@H]1c2cc(OC)c(OC)c(OC)c2-c2c(cc3c(c2OC)OCO3)[C@H](OC(=O)/C=C/c2ccccc2)[C@H](C)[C@]1(C)O.